The predicted molar refractivity (Wildman–Crippen MR) is 65.7 cm³/mol. The monoisotopic (exact) mass is 280 g/mol. The van der Waals surface area contributed by atoms with Gasteiger partial charge in [-0.15, -0.1) is 0 Å². The van der Waals surface area contributed by atoms with Gasteiger partial charge in [-0.1, -0.05) is 6.07 Å². The van der Waals surface area contributed by atoms with Crippen LogP contribution in [0.3, 0.4) is 0 Å². The summed E-state index contributed by atoms with van der Waals surface area (Å²) in [5.74, 6) is -0.327. The fourth-order valence-corrected chi connectivity index (χ4v) is 2.30. The Morgan fingerprint density at radius 3 is 2.95 bits per heavy atom. The van der Waals surface area contributed by atoms with Crippen molar-refractivity contribution in [2.24, 2.45) is 0 Å². The van der Waals surface area contributed by atoms with Gasteiger partial charge < -0.3 is 19.7 Å². The number of halogens is 1. The summed E-state index contributed by atoms with van der Waals surface area (Å²) in [4.78, 5) is 24.4. The molecular formula is C13H13FN2O4. The molecule has 0 saturated carbocycles. The van der Waals surface area contributed by atoms with E-state index in [9.17, 15) is 14.0 Å². The van der Waals surface area contributed by atoms with Crippen molar-refractivity contribution in [1.29, 1.82) is 0 Å². The number of nitrogens with zero attached hydrogens (tertiary/aromatic N) is 1. The highest BCUT2D eigenvalue weighted by molar-refractivity contribution is 5.80. The lowest BCUT2D eigenvalue weighted by Crippen LogP contribution is -2.66. The minimum Gasteiger partial charge on any atom is -0.484 e. The minimum atomic E-state index is -0.578. The van der Waals surface area contributed by atoms with Gasteiger partial charge in [0, 0.05) is 6.07 Å². The van der Waals surface area contributed by atoms with Gasteiger partial charge in [0.1, 0.15) is 11.6 Å². The van der Waals surface area contributed by atoms with Gasteiger partial charge in [-0.05, 0) is 12.1 Å². The van der Waals surface area contributed by atoms with E-state index in [4.69, 9.17) is 9.47 Å². The number of likely N-dealkylation sites (tertiary alicyclic amines) is 1. The van der Waals surface area contributed by atoms with Crippen LogP contribution in [0.15, 0.2) is 24.3 Å². The molecule has 2 heterocycles. The maximum absolute atomic E-state index is 12.9. The van der Waals surface area contributed by atoms with E-state index in [-0.39, 0.29) is 12.5 Å². The van der Waals surface area contributed by atoms with Crippen LogP contribution < -0.4 is 10.1 Å². The zero-order valence-corrected chi connectivity index (χ0v) is 10.6. The van der Waals surface area contributed by atoms with Crippen molar-refractivity contribution in [3.63, 3.8) is 0 Å². The first-order valence-electron chi connectivity index (χ1n) is 6.19. The number of amides is 2. The normalized spacial score (nSPS) is 19.2. The third kappa shape index (κ3) is 2.38. The lowest BCUT2D eigenvalue weighted by Gasteiger charge is -2.45. The largest absolute Gasteiger partial charge is 0.484 e. The second kappa shape index (κ2) is 4.66. The molecule has 7 heteroatoms. The van der Waals surface area contributed by atoms with Gasteiger partial charge in [-0.3, -0.25) is 4.79 Å². The number of hydrogen-bond acceptors (Lipinski definition) is 4. The molecule has 6 nitrogen and oxygen atoms in total. The van der Waals surface area contributed by atoms with E-state index in [0.29, 0.717) is 25.4 Å². The number of rotatable bonds is 3. The fraction of sp³-hybridized carbons (Fsp3) is 0.385. The average Bonchev–Trinajstić information content (AvgIpc) is 2.77. The third-order valence-electron chi connectivity index (χ3n) is 3.33. The zero-order valence-electron chi connectivity index (χ0n) is 10.6. The number of carbonyl (C=O) groups excluding carboxylic acids is 2. The predicted octanol–water partition coefficient (Wildman–Crippen LogP) is 0.525. The first-order chi connectivity index (χ1) is 9.56. The Morgan fingerprint density at radius 2 is 2.30 bits per heavy atom. The van der Waals surface area contributed by atoms with Crippen molar-refractivity contribution in [3.8, 4) is 5.75 Å². The topological polar surface area (TPSA) is 67.9 Å². The molecule has 1 spiro atoms. The molecule has 3 rings (SSSR count). The van der Waals surface area contributed by atoms with Crippen LogP contribution in [0.2, 0.25) is 0 Å². The quantitative estimate of drug-likeness (QED) is 0.876. The number of nitrogens with one attached hydrogen (secondary N) is 1. The molecule has 2 aliphatic rings. The van der Waals surface area contributed by atoms with E-state index in [0.717, 1.165) is 0 Å². The van der Waals surface area contributed by atoms with Crippen molar-refractivity contribution < 1.29 is 23.5 Å². The Kier molecular flexibility index (Phi) is 2.96. The van der Waals surface area contributed by atoms with Gasteiger partial charge in [-0.2, -0.15) is 0 Å². The van der Waals surface area contributed by atoms with Crippen LogP contribution in [0.1, 0.15) is 0 Å². The van der Waals surface area contributed by atoms with Crippen molar-refractivity contribution in [3.05, 3.63) is 30.1 Å². The molecule has 0 bridgehead atoms. The zero-order chi connectivity index (χ0) is 14.2. The maximum Gasteiger partial charge on any atom is 0.408 e. The van der Waals surface area contributed by atoms with Gasteiger partial charge in [0.2, 0.25) is 0 Å². The number of benzene rings is 1. The Morgan fingerprint density at radius 1 is 1.50 bits per heavy atom. The highest BCUT2D eigenvalue weighted by Crippen LogP contribution is 2.28. The molecule has 106 valence electrons. The molecule has 0 atom stereocenters. The van der Waals surface area contributed by atoms with Crippen LogP contribution in [-0.2, 0) is 9.53 Å². The summed E-state index contributed by atoms with van der Waals surface area (Å²) in [5.41, 5.74) is -0.578. The summed E-state index contributed by atoms with van der Waals surface area (Å²) in [6, 6.07) is 5.61. The van der Waals surface area contributed by atoms with Gasteiger partial charge in [0.05, 0.1) is 19.6 Å². The van der Waals surface area contributed by atoms with E-state index >= 15 is 0 Å². The summed E-state index contributed by atoms with van der Waals surface area (Å²) in [6.45, 7) is 0.968. The average molecular weight is 280 g/mol. The first kappa shape index (κ1) is 12.7. The molecule has 0 radical (unpaired) electrons. The molecule has 0 unspecified atom stereocenters. The van der Waals surface area contributed by atoms with Crippen LogP contribution in [0, 0.1) is 5.82 Å². The van der Waals surface area contributed by atoms with E-state index in [1.54, 1.807) is 11.0 Å². The molecule has 0 aromatic heterocycles. The van der Waals surface area contributed by atoms with Crippen molar-refractivity contribution >= 4 is 12.0 Å². The van der Waals surface area contributed by atoms with E-state index in [1.807, 2.05) is 0 Å². The molecule has 1 aromatic rings. The van der Waals surface area contributed by atoms with Crippen LogP contribution in [0.4, 0.5) is 9.18 Å². The Balaban J connectivity index is 1.48. The number of alkyl carbamates (subject to hydrolysis) is 1. The van der Waals surface area contributed by atoms with E-state index in [1.165, 1.54) is 18.2 Å². The van der Waals surface area contributed by atoms with Crippen molar-refractivity contribution in [2.75, 3.05) is 26.2 Å². The highest BCUT2D eigenvalue weighted by atomic mass is 19.1. The first-order valence-corrected chi connectivity index (χ1v) is 6.19. The number of hydrogen-bond donors (Lipinski definition) is 1. The standard InChI is InChI=1S/C13H13FN2O4/c14-9-2-1-3-10(4-9)19-5-11(17)16-7-13(8-16)6-15-12(18)20-13/h1-4H,5-8H2,(H,15,18). The van der Waals surface area contributed by atoms with Gasteiger partial charge >= 0.3 is 6.09 Å². The summed E-state index contributed by atoms with van der Waals surface area (Å²) in [6.07, 6.45) is -0.451. The molecule has 2 fully saturated rings. The second-order valence-corrected chi connectivity index (χ2v) is 4.92. The third-order valence-corrected chi connectivity index (χ3v) is 3.33. The van der Waals surface area contributed by atoms with E-state index in [2.05, 4.69) is 5.32 Å². The Hall–Kier alpha value is -2.31. The SMILES string of the molecule is O=C1NCC2(CN(C(=O)COc3cccc(F)c3)C2)O1. The van der Waals surface area contributed by atoms with Gasteiger partial charge in [0.15, 0.2) is 12.2 Å². The molecule has 20 heavy (non-hydrogen) atoms. The van der Waals surface area contributed by atoms with Crippen molar-refractivity contribution in [2.45, 2.75) is 5.60 Å². The second-order valence-electron chi connectivity index (χ2n) is 4.92. The van der Waals surface area contributed by atoms with Crippen LogP contribution in [-0.4, -0.2) is 48.7 Å². The lowest BCUT2D eigenvalue weighted by atomic mass is 9.94. The Labute approximate surface area is 114 Å². The summed E-state index contributed by atoms with van der Waals surface area (Å²) in [5, 5.41) is 2.56. The molecule has 2 aliphatic heterocycles. The smallest absolute Gasteiger partial charge is 0.408 e. The molecule has 1 N–H and O–H groups in total. The maximum atomic E-state index is 12.9. The fourth-order valence-electron chi connectivity index (χ4n) is 2.30. The molecular weight excluding hydrogens is 267 g/mol. The number of carbonyl (C=O) groups is 2. The van der Waals surface area contributed by atoms with Crippen LogP contribution in [0.5, 0.6) is 5.75 Å². The molecule has 0 aliphatic carbocycles. The van der Waals surface area contributed by atoms with E-state index < -0.39 is 17.5 Å². The molecule has 2 amide bonds. The summed E-state index contributed by atoms with van der Waals surface area (Å²) in [7, 11) is 0. The van der Waals surface area contributed by atoms with Gasteiger partial charge in [-0.25, -0.2) is 9.18 Å². The van der Waals surface area contributed by atoms with Crippen LogP contribution >= 0.6 is 0 Å². The molecule has 1 aromatic carbocycles. The Bertz CT molecular complexity index is 557. The molecule has 2 saturated heterocycles. The summed E-state index contributed by atoms with van der Waals surface area (Å²) < 4.78 is 23.3. The minimum absolute atomic E-state index is 0.166. The van der Waals surface area contributed by atoms with Crippen molar-refractivity contribution in [1.82, 2.24) is 10.2 Å². The van der Waals surface area contributed by atoms with Gasteiger partial charge in [0.25, 0.3) is 5.91 Å². The number of ether oxygens (including phenoxy) is 2. The van der Waals surface area contributed by atoms with Crippen LogP contribution in [0.25, 0.3) is 0 Å². The lowest BCUT2D eigenvalue weighted by molar-refractivity contribution is -0.151. The highest BCUT2D eigenvalue weighted by Gasteiger charge is 2.52. The summed E-state index contributed by atoms with van der Waals surface area (Å²) >= 11 is 0.